The zero-order valence-corrected chi connectivity index (χ0v) is 14.1. The normalized spacial score (nSPS) is 9.78. The number of amides is 2. The van der Waals surface area contributed by atoms with Crippen molar-refractivity contribution in [3.8, 4) is 0 Å². The van der Waals surface area contributed by atoms with Gasteiger partial charge in [-0.1, -0.05) is 0 Å². The van der Waals surface area contributed by atoms with Crippen LogP contribution >= 0.6 is 12.2 Å². The number of hydrogen-bond acceptors (Lipinski definition) is 8. The summed E-state index contributed by atoms with van der Waals surface area (Å²) in [6, 6.07) is 5.34. The second-order valence-corrected chi connectivity index (χ2v) is 5.26. The van der Waals surface area contributed by atoms with Gasteiger partial charge >= 0.3 is 0 Å². The number of hydrazine groups is 1. The molecule has 0 saturated heterocycles. The van der Waals surface area contributed by atoms with E-state index in [0.717, 1.165) is 18.2 Å². The molecule has 0 spiro atoms. The Labute approximate surface area is 155 Å². The summed E-state index contributed by atoms with van der Waals surface area (Å²) in [5, 5.41) is 23.5. The van der Waals surface area contributed by atoms with Crippen LogP contribution in [0, 0.1) is 20.2 Å². The molecule has 0 aliphatic heterocycles. The topological polar surface area (TPSA) is 169 Å². The lowest BCUT2D eigenvalue weighted by Crippen LogP contribution is -2.48. The minimum atomic E-state index is -0.933. The van der Waals surface area contributed by atoms with Crippen molar-refractivity contribution in [2.75, 3.05) is 0 Å². The predicted octanol–water partition coefficient (Wildman–Crippen LogP) is 0.847. The molecule has 0 saturated carbocycles. The molecule has 1 aromatic heterocycles. The molecule has 1 aromatic carbocycles. The number of nitro benzene ring substituents is 2. The summed E-state index contributed by atoms with van der Waals surface area (Å²) in [6.45, 7) is 0. The van der Waals surface area contributed by atoms with Crippen molar-refractivity contribution >= 4 is 40.5 Å². The van der Waals surface area contributed by atoms with Crippen molar-refractivity contribution in [2.45, 2.75) is 0 Å². The number of nitrogens with zero attached hydrogens (tertiary/aromatic N) is 3. The Morgan fingerprint density at radius 3 is 1.96 bits per heavy atom. The van der Waals surface area contributed by atoms with Gasteiger partial charge in [-0.2, -0.15) is 0 Å². The first-order chi connectivity index (χ1) is 12.8. The summed E-state index contributed by atoms with van der Waals surface area (Å²) in [5.74, 6) is -1.49. The summed E-state index contributed by atoms with van der Waals surface area (Å²) < 4.78 is 0. The molecule has 1 heterocycles. The highest BCUT2D eigenvalue weighted by Crippen LogP contribution is 2.22. The molecule has 138 valence electrons. The van der Waals surface area contributed by atoms with Gasteiger partial charge in [0.05, 0.1) is 21.5 Å². The summed E-state index contributed by atoms with van der Waals surface area (Å²) in [4.78, 5) is 47.7. The van der Waals surface area contributed by atoms with Crippen LogP contribution in [-0.4, -0.2) is 31.8 Å². The van der Waals surface area contributed by atoms with Crippen molar-refractivity contribution in [3.63, 3.8) is 0 Å². The van der Waals surface area contributed by atoms with Crippen molar-refractivity contribution in [1.82, 2.24) is 21.2 Å². The van der Waals surface area contributed by atoms with Crippen LogP contribution in [-0.2, 0) is 0 Å². The summed E-state index contributed by atoms with van der Waals surface area (Å²) in [5.41, 5.74) is 3.17. The average molecular weight is 390 g/mol. The summed E-state index contributed by atoms with van der Waals surface area (Å²) >= 11 is 4.83. The van der Waals surface area contributed by atoms with E-state index in [1.165, 1.54) is 24.5 Å². The van der Waals surface area contributed by atoms with Crippen LogP contribution in [0.5, 0.6) is 0 Å². The zero-order chi connectivity index (χ0) is 20.0. The molecule has 0 aliphatic carbocycles. The maximum atomic E-state index is 12.1. The Morgan fingerprint density at radius 2 is 1.44 bits per heavy atom. The van der Waals surface area contributed by atoms with E-state index in [0.29, 0.717) is 0 Å². The van der Waals surface area contributed by atoms with Gasteiger partial charge in [0.2, 0.25) is 0 Å². The van der Waals surface area contributed by atoms with E-state index >= 15 is 0 Å². The molecule has 13 heteroatoms. The van der Waals surface area contributed by atoms with Gasteiger partial charge in [0.1, 0.15) is 0 Å². The lowest BCUT2D eigenvalue weighted by atomic mass is 10.1. The Balaban J connectivity index is 2.04. The van der Waals surface area contributed by atoms with Crippen LogP contribution in [0.3, 0.4) is 0 Å². The molecular formula is C14H10N6O6S. The number of nitro groups is 2. The fraction of sp³-hybridized carbons (Fsp3) is 0. The fourth-order valence-corrected chi connectivity index (χ4v) is 1.98. The van der Waals surface area contributed by atoms with Crippen LogP contribution in [0.15, 0.2) is 42.7 Å². The largest absolute Gasteiger partial charge is 0.298 e. The molecule has 0 unspecified atom stereocenters. The first kappa shape index (κ1) is 19.3. The van der Waals surface area contributed by atoms with Crippen LogP contribution < -0.4 is 16.2 Å². The third-order valence-corrected chi connectivity index (χ3v) is 3.25. The molecule has 2 aromatic rings. The third kappa shape index (κ3) is 5.23. The number of non-ortho nitro benzene ring substituents is 2. The van der Waals surface area contributed by atoms with Gasteiger partial charge in [0, 0.05) is 30.1 Å². The molecule has 27 heavy (non-hydrogen) atoms. The molecule has 12 nitrogen and oxygen atoms in total. The van der Waals surface area contributed by atoms with Crippen LogP contribution in [0.2, 0.25) is 0 Å². The van der Waals surface area contributed by atoms with E-state index in [-0.39, 0.29) is 16.2 Å². The highest BCUT2D eigenvalue weighted by atomic mass is 32.1. The van der Waals surface area contributed by atoms with Crippen LogP contribution in [0.25, 0.3) is 0 Å². The van der Waals surface area contributed by atoms with Crippen molar-refractivity contribution in [3.05, 3.63) is 74.1 Å². The first-order valence-electron chi connectivity index (χ1n) is 7.03. The van der Waals surface area contributed by atoms with E-state index in [2.05, 4.69) is 21.2 Å². The van der Waals surface area contributed by atoms with Gasteiger partial charge in [-0.15, -0.1) is 0 Å². The van der Waals surface area contributed by atoms with Crippen LogP contribution in [0.4, 0.5) is 11.4 Å². The Bertz CT molecular complexity index is 903. The maximum absolute atomic E-state index is 12.1. The quantitative estimate of drug-likeness (QED) is 0.389. The number of carbonyl (C=O) groups is 2. The van der Waals surface area contributed by atoms with E-state index < -0.39 is 33.0 Å². The number of rotatable bonds is 4. The lowest BCUT2D eigenvalue weighted by Gasteiger charge is -2.10. The molecule has 0 aliphatic rings. The van der Waals surface area contributed by atoms with Crippen molar-refractivity contribution in [2.24, 2.45) is 0 Å². The number of benzene rings is 1. The highest BCUT2D eigenvalue weighted by molar-refractivity contribution is 7.80. The predicted molar refractivity (Wildman–Crippen MR) is 94.7 cm³/mol. The smallest absolute Gasteiger partial charge is 0.277 e. The third-order valence-electron chi connectivity index (χ3n) is 3.05. The van der Waals surface area contributed by atoms with E-state index in [4.69, 9.17) is 12.2 Å². The van der Waals surface area contributed by atoms with Gasteiger partial charge < -0.3 is 0 Å². The van der Waals surface area contributed by atoms with Crippen molar-refractivity contribution in [1.29, 1.82) is 0 Å². The minimum absolute atomic E-state index is 0.279. The second-order valence-electron chi connectivity index (χ2n) is 4.85. The maximum Gasteiger partial charge on any atom is 0.277 e. The van der Waals surface area contributed by atoms with E-state index in [1.807, 2.05) is 0 Å². The lowest BCUT2D eigenvalue weighted by molar-refractivity contribution is -0.394. The molecule has 0 radical (unpaired) electrons. The minimum Gasteiger partial charge on any atom is -0.298 e. The van der Waals surface area contributed by atoms with Gasteiger partial charge in [-0.05, 0) is 24.4 Å². The Morgan fingerprint density at radius 1 is 0.889 bits per heavy atom. The number of carbonyl (C=O) groups excluding carboxylic acids is 2. The molecule has 0 fully saturated rings. The zero-order valence-electron chi connectivity index (χ0n) is 13.2. The molecule has 2 rings (SSSR count). The summed E-state index contributed by atoms with van der Waals surface area (Å²) in [6.07, 6.45) is 2.81. The monoisotopic (exact) mass is 390 g/mol. The van der Waals surface area contributed by atoms with E-state index in [1.54, 1.807) is 0 Å². The van der Waals surface area contributed by atoms with Crippen molar-refractivity contribution < 1.29 is 19.4 Å². The number of nitrogens with one attached hydrogen (secondary N) is 3. The first-order valence-corrected chi connectivity index (χ1v) is 7.44. The summed E-state index contributed by atoms with van der Waals surface area (Å²) in [7, 11) is 0. The van der Waals surface area contributed by atoms with Gasteiger partial charge in [0.25, 0.3) is 23.2 Å². The molecule has 0 atom stereocenters. The van der Waals surface area contributed by atoms with Gasteiger partial charge in [0.15, 0.2) is 5.11 Å². The molecule has 0 bridgehead atoms. The number of aromatic nitrogens is 1. The Hall–Kier alpha value is -4.00. The van der Waals surface area contributed by atoms with E-state index in [9.17, 15) is 29.8 Å². The molecule has 3 N–H and O–H groups in total. The van der Waals surface area contributed by atoms with Gasteiger partial charge in [-0.3, -0.25) is 51.0 Å². The molecular weight excluding hydrogens is 380 g/mol. The second kappa shape index (κ2) is 8.39. The fourth-order valence-electron chi connectivity index (χ4n) is 1.83. The molecule has 2 amide bonds. The van der Waals surface area contributed by atoms with Crippen LogP contribution in [0.1, 0.15) is 20.7 Å². The average Bonchev–Trinajstić information content (AvgIpc) is 2.66. The SMILES string of the molecule is O=C(NNC(=S)NC(=O)c1cc([N+](=O)[O-])cc([N+](=O)[O-])c1)c1ccncc1. The highest BCUT2D eigenvalue weighted by Gasteiger charge is 2.20. The standard InChI is InChI=1S/C14H10N6O6S/c21-12(9-5-10(19(23)24)7-11(6-9)20(25)26)16-14(27)18-17-13(22)8-1-3-15-4-2-8/h1-7H,(H,17,22)(H2,16,18,21,27). The van der Waals surface area contributed by atoms with Gasteiger partial charge in [-0.25, -0.2) is 0 Å². The Kier molecular flexibility index (Phi) is 6.01. The number of hydrogen-bond donors (Lipinski definition) is 3. The number of pyridine rings is 1. The number of thiocarbonyl (C=S) groups is 1.